The first-order valence-corrected chi connectivity index (χ1v) is 10.0. The van der Waals surface area contributed by atoms with E-state index in [2.05, 4.69) is 5.32 Å². The number of carbonyl (C=O) groups is 1. The summed E-state index contributed by atoms with van der Waals surface area (Å²) in [5.74, 6) is 0.528. The molecule has 28 heavy (non-hydrogen) atoms. The molecule has 0 aromatic heterocycles. The van der Waals surface area contributed by atoms with Gasteiger partial charge in [-0.2, -0.15) is 0 Å². The number of carbonyl (C=O) groups excluding carboxylic acids is 1. The summed E-state index contributed by atoms with van der Waals surface area (Å²) >= 11 is 0. The Labute approximate surface area is 164 Å². The highest BCUT2D eigenvalue weighted by atomic mass is 16.6. The summed E-state index contributed by atoms with van der Waals surface area (Å²) in [4.78, 5) is 26.2. The first kappa shape index (κ1) is 18.5. The van der Waals surface area contributed by atoms with Crippen LogP contribution in [0.5, 0.6) is 0 Å². The van der Waals surface area contributed by atoms with Gasteiger partial charge < -0.3 is 10.2 Å². The summed E-state index contributed by atoms with van der Waals surface area (Å²) in [6.07, 6.45) is 5.70. The molecule has 1 N–H and O–H groups in total. The topological polar surface area (TPSA) is 75.5 Å². The van der Waals surface area contributed by atoms with E-state index in [0.29, 0.717) is 29.8 Å². The van der Waals surface area contributed by atoms with E-state index in [9.17, 15) is 14.9 Å². The lowest BCUT2D eigenvalue weighted by molar-refractivity contribution is -0.384. The first-order valence-electron chi connectivity index (χ1n) is 10.0. The molecule has 146 valence electrons. The number of nitrogens with zero attached hydrogens (tertiary/aromatic N) is 2. The maximum atomic E-state index is 13.1. The van der Waals surface area contributed by atoms with E-state index < -0.39 is 4.92 Å². The number of rotatable bonds is 6. The number of amides is 1. The van der Waals surface area contributed by atoms with Gasteiger partial charge in [0.25, 0.3) is 11.6 Å². The van der Waals surface area contributed by atoms with Gasteiger partial charge in [0, 0.05) is 30.8 Å². The average molecular weight is 379 g/mol. The van der Waals surface area contributed by atoms with Gasteiger partial charge in [-0.05, 0) is 49.3 Å². The predicted molar refractivity (Wildman–Crippen MR) is 108 cm³/mol. The molecule has 0 radical (unpaired) electrons. The van der Waals surface area contributed by atoms with Crippen LogP contribution in [0.2, 0.25) is 0 Å². The fourth-order valence-electron chi connectivity index (χ4n) is 4.28. The molecule has 1 aliphatic carbocycles. The van der Waals surface area contributed by atoms with Crippen LogP contribution in [-0.4, -0.2) is 28.3 Å². The number of anilines is 1. The molecule has 2 aliphatic rings. The van der Waals surface area contributed by atoms with Gasteiger partial charge in [0.15, 0.2) is 0 Å². The lowest BCUT2D eigenvalue weighted by Gasteiger charge is -2.37. The lowest BCUT2D eigenvalue weighted by atomic mass is 9.78. The van der Waals surface area contributed by atoms with Crippen LogP contribution in [0.1, 0.15) is 48.0 Å². The number of nitro benzene ring substituents is 1. The molecule has 1 saturated carbocycles. The summed E-state index contributed by atoms with van der Waals surface area (Å²) in [5.41, 5.74) is 1.82. The summed E-state index contributed by atoms with van der Waals surface area (Å²) in [6, 6.07) is 14.8. The minimum absolute atomic E-state index is 0.0545. The smallest absolute Gasteiger partial charge is 0.293 e. The quantitative estimate of drug-likeness (QED) is 0.587. The Balaban J connectivity index is 1.52. The number of likely N-dealkylation sites (tertiary alicyclic amines) is 1. The van der Waals surface area contributed by atoms with Gasteiger partial charge in [0.2, 0.25) is 0 Å². The van der Waals surface area contributed by atoms with Crippen molar-refractivity contribution >= 4 is 17.3 Å². The molecule has 6 nitrogen and oxygen atoms in total. The van der Waals surface area contributed by atoms with E-state index in [0.717, 1.165) is 24.9 Å². The Bertz CT molecular complexity index is 865. The molecule has 1 heterocycles. The van der Waals surface area contributed by atoms with Crippen molar-refractivity contribution in [3.05, 3.63) is 69.8 Å². The fraction of sp³-hybridized carbons (Fsp3) is 0.409. The van der Waals surface area contributed by atoms with Crippen LogP contribution >= 0.6 is 0 Å². The summed E-state index contributed by atoms with van der Waals surface area (Å²) < 4.78 is 0. The van der Waals surface area contributed by atoms with Crippen molar-refractivity contribution in [3.63, 3.8) is 0 Å². The van der Waals surface area contributed by atoms with Gasteiger partial charge in [-0.3, -0.25) is 14.9 Å². The van der Waals surface area contributed by atoms with Gasteiger partial charge in [0.1, 0.15) is 5.69 Å². The number of nitro groups is 1. The van der Waals surface area contributed by atoms with Crippen LogP contribution in [0, 0.1) is 16.0 Å². The molecular formula is C22H25N3O3. The minimum atomic E-state index is -0.419. The van der Waals surface area contributed by atoms with E-state index in [4.69, 9.17) is 0 Å². The molecule has 2 aromatic carbocycles. The van der Waals surface area contributed by atoms with Crippen molar-refractivity contribution < 1.29 is 9.72 Å². The number of benzene rings is 2. The molecule has 0 bridgehead atoms. The molecule has 1 unspecified atom stereocenters. The zero-order valence-electron chi connectivity index (χ0n) is 15.8. The molecule has 1 amide bonds. The summed E-state index contributed by atoms with van der Waals surface area (Å²) in [7, 11) is 0. The Hall–Kier alpha value is -2.89. The van der Waals surface area contributed by atoms with E-state index in [-0.39, 0.29) is 11.6 Å². The van der Waals surface area contributed by atoms with Gasteiger partial charge >= 0.3 is 0 Å². The number of hydrogen-bond acceptors (Lipinski definition) is 4. The molecule has 2 aromatic rings. The maximum Gasteiger partial charge on any atom is 0.293 e. The zero-order valence-corrected chi connectivity index (χ0v) is 15.8. The Kier molecular flexibility index (Phi) is 5.28. The van der Waals surface area contributed by atoms with E-state index >= 15 is 0 Å². The second-order valence-electron chi connectivity index (χ2n) is 7.73. The van der Waals surface area contributed by atoms with Crippen molar-refractivity contribution in [2.75, 3.05) is 11.9 Å². The van der Waals surface area contributed by atoms with E-state index in [1.807, 2.05) is 35.2 Å². The molecule has 1 aliphatic heterocycles. The highest BCUT2D eigenvalue weighted by molar-refractivity contribution is 5.96. The molecular weight excluding hydrogens is 354 g/mol. The highest BCUT2D eigenvalue weighted by Crippen LogP contribution is 2.38. The zero-order chi connectivity index (χ0) is 19.5. The normalized spacial score (nSPS) is 19.3. The molecule has 4 rings (SSSR count). The third kappa shape index (κ3) is 3.72. The van der Waals surface area contributed by atoms with Crippen LogP contribution in [0.4, 0.5) is 11.4 Å². The van der Waals surface area contributed by atoms with Crippen molar-refractivity contribution in [2.45, 2.75) is 44.7 Å². The van der Waals surface area contributed by atoms with Crippen molar-refractivity contribution in [3.8, 4) is 0 Å². The third-order valence-corrected chi connectivity index (χ3v) is 6.02. The molecule has 1 atom stereocenters. The lowest BCUT2D eigenvalue weighted by Crippen LogP contribution is -2.42. The monoisotopic (exact) mass is 379 g/mol. The Morgan fingerprint density at radius 1 is 1.11 bits per heavy atom. The van der Waals surface area contributed by atoms with Crippen LogP contribution in [0.3, 0.4) is 0 Å². The predicted octanol–water partition coefficient (Wildman–Crippen LogP) is 4.61. The Morgan fingerprint density at radius 3 is 2.57 bits per heavy atom. The number of nitrogens with one attached hydrogen (secondary N) is 1. The third-order valence-electron chi connectivity index (χ3n) is 6.02. The van der Waals surface area contributed by atoms with Gasteiger partial charge in [0.05, 0.1) is 4.92 Å². The SMILES string of the molecule is O=C(c1ccc(NCc2ccccc2)c([N+](=O)[O-])c1)N1CCCC1C1CCC1. The van der Waals surface area contributed by atoms with Gasteiger partial charge in [-0.15, -0.1) is 0 Å². The van der Waals surface area contributed by atoms with Crippen molar-refractivity contribution in [2.24, 2.45) is 5.92 Å². The molecule has 2 fully saturated rings. The van der Waals surface area contributed by atoms with E-state index in [1.54, 1.807) is 12.1 Å². The van der Waals surface area contributed by atoms with Gasteiger partial charge in [-0.25, -0.2) is 0 Å². The first-order chi connectivity index (χ1) is 13.6. The Morgan fingerprint density at radius 2 is 1.89 bits per heavy atom. The summed E-state index contributed by atoms with van der Waals surface area (Å²) in [6.45, 7) is 1.24. The minimum Gasteiger partial charge on any atom is -0.375 e. The van der Waals surface area contributed by atoms with Crippen LogP contribution in [0.15, 0.2) is 48.5 Å². The highest BCUT2D eigenvalue weighted by Gasteiger charge is 2.37. The van der Waals surface area contributed by atoms with E-state index in [1.165, 1.54) is 25.3 Å². The van der Waals surface area contributed by atoms with Crippen LogP contribution < -0.4 is 5.32 Å². The second kappa shape index (κ2) is 8.00. The van der Waals surface area contributed by atoms with Crippen molar-refractivity contribution in [1.82, 2.24) is 4.90 Å². The van der Waals surface area contributed by atoms with Crippen LogP contribution in [-0.2, 0) is 6.54 Å². The van der Waals surface area contributed by atoms with Crippen LogP contribution in [0.25, 0.3) is 0 Å². The standard InChI is InChI=1S/C22H25N3O3/c26-22(24-13-5-10-20(24)17-8-4-9-17)18-11-12-19(21(14-18)25(27)28)23-15-16-6-2-1-3-7-16/h1-3,6-7,11-12,14,17,20,23H,4-5,8-10,13,15H2. The second-order valence-corrected chi connectivity index (χ2v) is 7.73. The maximum absolute atomic E-state index is 13.1. The molecule has 6 heteroatoms. The molecule has 0 spiro atoms. The fourth-order valence-corrected chi connectivity index (χ4v) is 4.28. The molecule has 1 saturated heterocycles. The largest absolute Gasteiger partial charge is 0.375 e. The summed E-state index contributed by atoms with van der Waals surface area (Å²) in [5, 5.41) is 14.7. The van der Waals surface area contributed by atoms with Gasteiger partial charge in [-0.1, -0.05) is 36.8 Å². The van der Waals surface area contributed by atoms with Crippen molar-refractivity contribution in [1.29, 1.82) is 0 Å². The number of hydrogen-bond donors (Lipinski definition) is 1. The average Bonchev–Trinajstić information content (AvgIpc) is 3.14.